The molecule has 0 aliphatic carbocycles. The van der Waals surface area contributed by atoms with Gasteiger partial charge in [-0.3, -0.25) is 4.55 Å². The molecule has 0 aromatic carbocycles. The second-order valence-electron chi connectivity index (χ2n) is 3.48. The van der Waals surface area contributed by atoms with E-state index in [4.69, 9.17) is 4.55 Å². The third kappa shape index (κ3) is 7.81. The zero-order chi connectivity index (χ0) is 9.07. The Bertz CT molecular complexity index is 194. The van der Waals surface area contributed by atoms with Gasteiger partial charge in [0.25, 0.3) is 10.1 Å². The van der Waals surface area contributed by atoms with Crippen LogP contribution in [0.3, 0.4) is 0 Å². The maximum absolute atomic E-state index is 10.4. The molecule has 0 saturated carbocycles. The van der Waals surface area contributed by atoms with Crippen molar-refractivity contribution in [2.45, 2.75) is 27.2 Å². The number of rotatable bonds is 4. The Kier molecular flexibility index (Phi) is 4.03. The number of hydrogen-bond donors (Lipinski definition) is 1. The monoisotopic (exact) mass is 180 g/mol. The number of hydrogen-bond acceptors (Lipinski definition) is 2. The van der Waals surface area contributed by atoms with Crippen molar-refractivity contribution in [1.82, 2.24) is 0 Å². The average Bonchev–Trinajstić information content (AvgIpc) is 1.53. The normalized spacial score (nSPS) is 15.4. The third-order valence-corrected chi connectivity index (χ3v) is 2.36. The van der Waals surface area contributed by atoms with E-state index in [9.17, 15) is 8.42 Å². The van der Waals surface area contributed by atoms with Gasteiger partial charge in [0.05, 0.1) is 5.75 Å². The minimum atomic E-state index is -3.77. The van der Waals surface area contributed by atoms with Crippen LogP contribution in [0.2, 0.25) is 0 Å². The van der Waals surface area contributed by atoms with Crippen molar-refractivity contribution in [2.75, 3.05) is 5.75 Å². The van der Waals surface area contributed by atoms with Gasteiger partial charge in [0.15, 0.2) is 0 Å². The average molecular weight is 180 g/mol. The molecule has 1 atom stereocenters. The summed E-state index contributed by atoms with van der Waals surface area (Å²) in [5.74, 6) is 0.405. The van der Waals surface area contributed by atoms with Crippen molar-refractivity contribution in [2.24, 2.45) is 11.8 Å². The smallest absolute Gasteiger partial charge is 0.265 e. The van der Waals surface area contributed by atoms with Crippen molar-refractivity contribution in [3.63, 3.8) is 0 Å². The fourth-order valence-corrected chi connectivity index (χ4v) is 2.09. The Labute approximate surface area is 68.6 Å². The summed E-state index contributed by atoms with van der Waals surface area (Å²) >= 11 is 0. The van der Waals surface area contributed by atoms with Gasteiger partial charge in [-0.2, -0.15) is 8.42 Å². The van der Waals surface area contributed by atoms with Gasteiger partial charge in [-0.25, -0.2) is 0 Å². The molecule has 0 saturated heterocycles. The lowest BCUT2D eigenvalue weighted by Gasteiger charge is -2.10. The van der Waals surface area contributed by atoms with Gasteiger partial charge < -0.3 is 0 Å². The molecule has 0 aliphatic heterocycles. The van der Waals surface area contributed by atoms with Gasteiger partial charge in [0.2, 0.25) is 0 Å². The Morgan fingerprint density at radius 3 is 2.00 bits per heavy atom. The summed E-state index contributed by atoms with van der Waals surface area (Å²) in [5.41, 5.74) is 0. The minimum Gasteiger partial charge on any atom is -0.286 e. The molecule has 0 aromatic heterocycles. The predicted octanol–water partition coefficient (Wildman–Crippen LogP) is 1.56. The van der Waals surface area contributed by atoms with Crippen molar-refractivity contribution >= 4 is 10.1 Å². The molecule has 0 fully saturated rings. The third-order valence-electron chi connectivity index (χ3n) is 1.37. The molecular weight excluding hydrogens is 164 g/mol. The minimum absolute atomic E-state index is 0.0463. The molecule has 0 radical (unpaired) electrons. The van der Waals surface area contributed by atoms with Crippen LogP contribution in [-0.2, 0) is 10.1 Å². The van der Waals surface area contributed by atoms with Crippen LogP contribution in [0.4, 0.5) is 0 Å². The second kappa shape index (κ2) is 4.07. The van der Waals surface area contributed by atoms with E-state index in [2.05, 4.69) is 0 Å². The largest absolute Gasteiger partial charge is 0.286 e. The molecule has 1 N–H and O–H groups in total. The molecule has 4 heteroatoms. The fourth-order valence-electron chi connectivity index (χ4n) is 1.23. The zero-order valence-corrected chi connectivity index (χ0v) is 8.06. The Balaban J connectivity index is 3.80. The van der Waals surface area contributed by atoms with E-state index in [1.807, 2.05) is 20.8 Å². The molecule has 0 spiro atoms. The van der Waals surface area contributed by atoms with Crippen LogP contribution < -0.4 is 0 Å². The lowest BCUT2D eigenvalue weighted by Crippen LogP contribution is -2.14. The van der Waals surface area contributed by atoms with Crippen LogP contribution in [0, 0.1) is 11.8 Å². The Morgan fingerprint density at radius 1 is 1.27 bits per heavy atom. The summed E-state index contributed by atoms with van der Waals surface area (Å²) < 4.78 is 29.2. The van der Waals surface area contributed by atoms with Crippen LogP contribution in [-0.4, -0.2) is 18.7 Å². The van der Waals surface area contributed by atoms with Gasteiger partial charge in [-0.05, 0) is 18.3 Å². The summed E-state index contributed by atoms with van der Waals surface area (Å²) in [6.45, 7) is 5.88. The van der Waals surface area contributed by atoms with Gasteiger partial charge >= 0.3 is 0 Å². The molecule has 3 nitrogen and oxygen atoms in total. The van der Waals surface area contributed by atoms with E-state index in [-0.39, 0.29) is 11.7 Å². The predicted molar refractivity (Wildman–Crippen MR) is 45.0 cm³/mol. The Morgan fingerprint density at radius 2 is 1.73 bits per heavy atom. The SMILES string of the molecule is CC(C)CC(C)CS(=O)(=O)O. The van der Waals surface area contributed by atoms with E-state index < -0.39 is 10.1 Å². The molecule has 68 valence electrons. The molecular formula is C7H16O3S. The van der Waals surface area contributed by atoms with Gasteiger partial charge in [0, 0.05) is 0 Å². The molecule has 0 heterocycles. The summed E-state index contributed by atoms with van der Waals surface area (Å²) in [5, 5.41) is 0. The summed E-state index contributed by atoms with van der Waals surface area (Å²) in [6.07, 6.45) is 0.833. The maximum atomic E-state index is 10.4. The molecule has 11 heavy (non-hydrogen) atoms. The highest BCUT2D eigenvalue weighted by molar-refractivity contribution is 7.85. The highest BCUT2D eigenvalue weighted by Gasteiger charge is 2.12. The van der Waals surface area contributed by atoms with Gasteiger partial charge in [0.1, 0.15) is 0 Å². The highest BCUT2D eigenvalue weighted by atomic mass is 32.2. The quantitative estimate of drug-likeness (QED) is 0.668. The van der Waals surface area contributed by atoms with Crippen molar-refractivity contribution in [3.05, 3.63) is 0 Å². The van der Waals surface area contributed by atoms with Crippen molar-refractivity contribution in [1.29, 1.82) is 0 Å². The second-order valence-corrected chi connectivity index (χ2v) is 4.98. The molecule has 0 aliphatic rings. The first kappa shape index (κ1) is 10.9. The first-order valence-electron chi connectivity index (χ1n) is 3.76. The standard InChI is InChI=1S/C7H16O3S/c1-6(2)4-7(3)5-11(8,9)10/h6-7H,4-5H2,1-3H3,(H,8,9,10). The first-order chi connectivity index (χ1) is 4.81. The fraction of sp³-hybridized carbons (Fsp3) is 1.00. The van der Waals surface area contributed by atoms with E-state index in [1.165, 1.54) is 0 Å². The van der Waals surface area contributed by atoms with E-state index in [0.717, 1.165) is 6.42 Å². The van der Waals surface area contributed by atoms with E-state index in [1.54, 1.807) is 0 Å². The van der Waals surface area contributed by atoms with Gasteiger partial charge in [-0.1, -0.05) is 20.8 Å². The maximum Gasteiger partial charge on any atom is 0.265 e. The van der Waals surface area contributed by atoms with E-state index in [0.29, 0.717) is 5.92 Å². The molecule has 0 rings (SSSR count). The van der Waals surface area contributed by atoms with Crippen molar-refractivity contribution in [3.8, 4) is 0 Å². The van der Waals surface area contributed by atoms with E-state index >= 15 is 0 Å². The lowest BCUT2D eigenvalue weighted by molar-refractivity contribution is 0.435. The van der Waals surface area contributed by atoms with Crippen LogP contribution in [0.25, 0.3) is 0 Å². The first-order valence-corrected chi connectivity index (χ1v) is 5.37. The zero-order valence-electron chi connectivity index (χ0n) is 7.24. The summed E-state index contributed by atoms with van der Waals surface area (Å²) in [4.78, 5) is 0. The Hall–Kier alpha value is -0.0900. The highest BCUT2D eigenvalue weighted by Crippen LogP contribution is 2.12. The van der Waals surface area contributed by atoms with Crippen LogP contribution in [0.1, 0.15) is 27.2 Å². The molecule has 0 amide bonds. The van der Waals surface area contributed by atoms with Crippen LogP contribution >= 0.6 is 0 Å². The summed E-state index contributed by atoms with van der Waals surface area (Å²) in [7, 11) is -3.77. The van der Waals surface area contributed by atoms with Crippen LogP contribution in [0.15, 0.2) is 0 Å². The molecule has 1 unspecified atom stereocenters. The topological polar surface area (TPSA) is 54.4 Å². The van der Waals surface area contributed by atoms with Crippen LogP contribution in [0.5, 0.6) is 0 Å². The van der Waals surface area contributed by atoms with Crippen molar-refractivity contribution < 1.29 is 13.0 Å². The summed E-state index contributed by atoms with van der Waals surface area (Å²) in [6, 6.07) is 0. The lowest BCUT2D eigenvalue weighted by atomic mass is 10.0. The molecule has 0 aromatic rings. The van der Waals surface area contributed by atoms with Gasteiger partial charge in [-0.15, -0.1) is 0 Å². The molecule has 0 bridgehead atoms.